The Morgan fingerprint density at radius 2 is 2.12 bits per heavy atom. The highest BCUT2D eigenvalue weighted by atomic mass is 16.1. The van der Waals surface area contributed by atoms with E-state index in [1.165, 1.54) is 5.57 Å². The zero-order chi connectivity index (χ0) is 13.0. The average Bonchev–Trinajstić information content (AvgIpc) is 2.55. The average molecular weight is 234 g/mol. The van der Waals surface area contributed by atoms with Crippen LogP contribution in [-0.2, 0) is 9.59 Å². The standard InChI is InChI=1S/C15H22O2/c1-10(2)5-6-12-7-8-13(15(12)17)14(16)9-11(3)4/h5,8,11-12H,6-7,9H2,1-4H3. The summed E-state index contributed by atoms with van der Waals surface area (Å²) in [5, 5.41) is 0. The summed E-state index contributed by atoms with van der Waals surface area (Å²) < 4.78 is 0. The van der Waals surface area contributed by atoms with Gasteiger partial charge in [0.1, 0.15) is 0 Å². The normalized spacial score (nSPS) is 19.5. The first kappa shape index (κ1) is 13.9. The third kappa shape index (κ3) is 3.95. The number of carbonyl (C=O) groups excluding carboxylic acids is 2. The van der Waals surface area contributed by atoms with Gasteiger partial charge in [-0.2, -0.15) is 0 Å². The van der Waals surface area contributed by atoms with Crippen LogP contribution in [0.15, 0.2) is 23.3 Å². The van der Waals surface area contributed by atoms with E-state index in [1.807, 2.05) is 33.8 Å². The van der Waals surface area contributed by atoms with Crippen LogP contribution in [-0.4, -0.2) is 11.6 Å². The lowest BCUT2D eigenvalue weighted by Gasteiger charge is -2.07. The van der Waals surface area contributed by atoms with Gasteiger partial charge in [0.15, 0.2) is 11.6 Å². The molecule has 0 spiro atoms. The summed E-state index contributed by atoms with van der Waals surface area (Å²) in [5.74, 6) is 0.377. The van der Waals surface area contributed by atoms with E-state index >= 15 is 0 Å². The van der Waals surface area contributed by atoms with Crippen molar-refractivity contribution in [2.24, 2.45) is 11.8 Å². The fourth-order valence-corrected chi connectivity index (χ4v) is 2.00. The molecular weight excluding hydrogens is 212 g/mol. The summed E-state index contributed by atoms with van der Waals surface area (Å²) in [6, 6.07) is 0. The molecule has 0 radical (unpaired) electrons. The maximum absolute atomic E-state index is 12.0. The molecule has 1 aliphatic carbocycles. The van der Waals surface area contributed by atoms with Gasteiger partial charge in [-0.15, -0.1) is 0 Å². The van der Waals surface area contributed by atoms with Gasteiger partial charge in [0.25, 0.3) is 0 Å². The predicted molar refractivity (Wildman–Crippen MR) is 69.7 cm³/mol. The van der Waals surface area contributed by atoms with E-state index < -0.39 is 0 Å². The number of ketones is 2. The quantitative estimate of drug-likeness (QED) is 0.539. The Morgan fingerprint density at radius 1 is 1.47 bits per heavy atom. The van der Waals surface area contributed by atoms with E-state index in [1.54, 1.807) is 0 Å². The molecule has 0 fully saturated rings. The predicted octanol–water partition coefficient (Wildman–Crippen LogP) is 3.47. The monoisotopic (exact) mass is 234 g/mol. The number of Topliss-reactive ketones (excluding diaryl/α,β-unsaturated/α-hetero) is 2. The smallest absolute Gasteiger partial charge is 0.169 e. The molecule has 1 aliphatic rings. The lowest BCUT2D eigenvalue weighted by atomic mass is 9.95. The van der Waals surface area contributed by atoms with Gasteiger partial charge in [-0.1, -0.05) is 31.6 Å². The molecule has 0 N–H and O–H groups in total. The molecule has 0 heterocycles. The Labute approximate surface area is 104 Å². The first-order valence-electron chi connectivity index (χ1n) is 6.32. The molecule has 0 aromatic carbocycles. The molecule has 94 valence electrons. The first-order chi connectivity index (χ1) is 7.91. The Bertz CT molecular complexity index is 368. The second kappa shape index (κ2) is 5.95. The molecule has 0 aromatic rings. The number of rotatable bonds is 5. The third-order valence-corrected chi connectivity index (χ3v) is 2.95. The van der Waals surface area contributed by atoms with Gasteiger partial charge >= 0.3 is 0 Å². The van der Waals surface area contributed by atoms with Gasteiger partial charge in [-0.3, -0.25) is 9.59 Å². The van der Waals surface area contributed by atoms with Crippen LogP contribution in [0.1, 0.15) is 47.0 Å². The van der Waals surface area contributed by atoms with E-state index in [0.717, 1.165) is 12.8 Å². The van der Waals surface area contributed by atoms with Crippen LogP contribution >= 0.6 is 0 Å². The molecule has 1 unspecified atom stereocenters. The summed E-state index contributed by atoms with van der Waals surface area (Å²) in [6.45, 7) is 8.05. The number of hydrogen-bond acceptors (Lipinski definition) is 2. The minimum Gasteiger partial charge on any atom is -0.294 e. The lowest BCUT2D eigenvalue weighted by Crippen LogP contribution is -2.16. The summed E-state index contributed by atoms with van der Waals surface area (Å²) in [6.07, 6.45) is 5.87. The number of allylic oxidation sites excluding steroid dienone is 4. The van der Waals surface area contributed by atoms with Crippen molar-refractivity contribution in [1.82, 2.24) is 0 Å². The van der Waals surface area contributed by atoms with Crippen molar-refractivity contribution in [3.63, 3.8) is 0 Å². The van der Waals surface area contributed by atoms with Crippen LogP contribution in [0.25, 0.3) is 0 Å². The van der Waals surface area contributed by atoms with E-state index in [0.29, 0.717) is 17.9 Å². The number of carbonyl (C=O) groups is 2. The number of hydrogen-bond donors (Lipinski definition) is 0. The minimum absolute atomic E-state index is 0.00369. The molecular formula is C15H22O2. The fourth-order valence-electron chi connectivity index (χ4n) is 2.00. The highest BCUT2D eigenvalue weighted by Gasteiger charge is 2.30. The molecule has 17 heavy (non-hydrogen) atoms. The maximum Gasteiger partial charge on any atom is 0.169 e. The van der Waals surface area contributed by atoms with Crippen molar-refractivity contribution in [1.29, 1.82) is 0 Å². The highest BCUT2D eigenvalue weighted by Crippen LogP contribution is 2.26. The fraction of sp³-hybridized carbons (Fsp3) is 0.600. The Balaban J connectivity index is 2.60. The molecule has 2 heteroatoms. The summed E-state index contributed by atoms with van der Waals surface area (Å²) in [5.41, 5.74) is 1.67. The second-order valence-corrected chi connectivity index (χ2v) is 5.45. The van der Waals surface area contributed by atoms with Gasteiger partial charge < -0.3 is 0 Å². The molecule has 0 saturated carbocycles. The third-order valence-electron chi connectivity index (χ3n) is 2.95. The summed E-state index contributed by atoms with van der Waals surface area (Å²) in [7, 11) is 0. The van der Waals surface area contributed by atoms with Crippen LogP contribution in [0, 0.1) is 11.8 Å². The Morgan fingerprint density at radius 3 is 2.65 bits per heavy atom. The second-order valence-electron chi connectivity index (χ2n) is 5.45. The van der Waals surface area contributed by atoms with Crippen LogP contribution in [0.2, 0.25) is 0 Å². The molecule has 0 aromatic heterocycles. The van der Waals surface area contributed by atoms with Crippen LogP contribution in [0.5, 0.6) is 0 Å². The minimum atomic E-state index is -0.00369. The molecule has 1 rings (SSSR count). The van der Waals surface area contributed by atoms with Crippen molar-refractivity contribution < 1.29 is 9.59 Å². The van der Waals surface area contributed by atoms with Gasteiger partial charge in [0, 0.05) is 12.3 Å². The Kier molecular flexibility index (Phi) is 4.86. The lowest BCUT2D eigenvalue weighted by molar-refractivity contribution is -0.123. The van der Waals surface area contributed by atoms with E-state index in [-0.39, 0.29) is 17.5 Å². The highest BCUT2D eigenvalue weighted by molar-refractivity contribution is 6.22. The maximum atomic E-state index is 12.0. The zero-order valence-electron chi connectivity index (χ0n) is 11.2. The van der Waals surface area contributed by atoms with Crippen molar-refractivity contribution >= 4 is 11.6 Å². The van der Waals surface area contributed by atoms with Crippen molar-refractivity contribution in [3.8, 4) is 0 Å². The summed E-state index contributed by atoms with van der Waals surface area (Å²) >= 11 is 0. The van der Waals surface area contributed by atoms with Gasteiger partial charge in [-0.05, 0) is 32.6 Å². The van der Waals surface area contributed by atoms with Gasteiger partial charge in [0.05, 0.1) is 5.57 Å². The molecule has 0 aliphatic heterocycles. The molecule has 0 saturated heterocycles. The van der Waals surface area contributed by atoms with Gasteiger partial charge in [-0.25, -0.2) is 0 Å². The van der Waals surface area contributed by atoms with Crippen LogP contribution in [0.3, 0.4) is 0 Å². The SMILES string of the molecule is CC(C)=CCC1CC=C(C(=O)CC(C)C)C1=O. The topological polar surface area (TPSA) is 34.1 Å². The Hall–Kier alpha value is -1.18. The van der Waals surface area contributed by atoms with Crippen molar-refractivity contribution in [3.05, 3.63) is 23.3 Å². The summed E-state index contributed by atoms with van der Waals surface area (Å²) in [4.78, 5) is 23.9. The van der Waals surface area contributed by atoms with Crippen molar-refractivity contribution in [2.45, 2.75) is 47.0 Å². The van der Waals surface area contributed by atoms with Crippen LogP contribution in [0.4, 0.5) is 0 Å². The zero-order valence-corrected chi connectivity index (χ0v) is 11.2. The first-order valence-corrected chi connectivity index (χ1v) is 6.32. The molecule has 0 amide bonds. The van der Waals surface area contributed by atoms with Gasteiger partial charge in [0.2, 0.25) is 0 Å². The van der Waals surface area contributed by atoms with E-state index in [2.05, 4.69) is 6.08 Å². The molecule has 2 nitrogen and oxygen atoms in total. The van der Waals surface area contributed by atoms with E-state index in [4.69, 9.17) is 0 Å². The largest absolute Gasteiger partial charge is 0.294 e. The molecule has 0 bridgehead atoms. The molecule has 1 atom stereocenters. The van der Waals surface area contributed by atoms with Crippen LogP contribution < -0.4 is 0 Å². The van der Waals surface area contributed by atoms with Crippen molar-refractivity contribution in [2.75, 3.05) is 0 Å². The van der Waals surface area contributed by atoms with E-state index in [9.17, 15) is 9.59 Å².